The van der Waals surface area contributed by atoms with E-state index in [-0.39, 0.29) is 5.91 Å². The second-order valence-corrected chi connectivity index (χ2v) is 8.61. The summed E-state index contributed by atoms with van der Waals surface area (Å²) in [5.74, 6) is 0.128. The van der Waals surface area contributed by atoms with Crippen LogP contribution >= 0.6 is 11.3 Å². The maximum absolute atomic E-state index is 13.4. The lowest BCUT2D eigenvalue weighted by atomic mass is 10.1. The van der Waals surface area contributed by atoms with Gasteiger partial charge in [-0.25, -0.2) is 0 Å². The average Bonchev–Trinajstić information content (AvgIpc) is 3.50. The highest BCUT2D eigenvalue weighted by Gasteiger charge is 2.32. The molecule has 29 heavy (non-hydrogen) atoms. The summed E-state index contributed by atoms with van der Waals surface area (Å²) in [6.07, 6.45) is 9.42. The lowest BCUT2D eigenvalue weighted by molar-refractivity contribution is 0.0638. The molecule has 1 amide bonds. The Morgan fingerprint density at radius 1 is 1.10 bits per heavy atom. The number of carbonyl (C=O) groups is 1. The number of nitrogens with zero attached hydrogens (tertiary/aromatic N) is 7. The van der Waals surface area contributed by atoms with Crippen molar-refractivity contribution in [2.24, 2.45) is 0 Å². The van der Waals surface area contributed by atoms with Crippen molar-refractivity contribution >= 4 is 17.2 Å². The van der Waals surface area contributed by atoms with Gasteiger partial charge in [-0.15, -0.1) is 16.4 Å². The molecule has 9 heteroatoms. The number of fused-ring (bicyclic) bond motifs is 1. The third kappa shape index (κ3) is 3.67. The number of rotatable bonds is 5. The van der Waals surface area contributed by atoms with Crippen LogP contribution in [0.2, 0.25) is 0 Å². The molecule has 4 heterocycles. The fraction of sp³-hybridized carbons (Fsp3) is 0.450. The van der Waals surface area contributed by atoms with Crippen LogP contribution in [-0.4, -0.2) is 73.6 Å². The molecule has 0 N–H and O–H groups in total. The zero-order chi connectivity index (χ0) is 19.6. The SMILES string of the molecule is O=C(c1c(-n2cnnn2)sc2c1CCC2)N1CCN(CCc2ccncc2)CC1. The van der Waals surface area contributed by atoms with Gasteiger partial charge in [0.15, 0.2) is 0 Å². The van der Waals surface area contributed by atoms with Crippen LogP contribution < -0.4 is 0 Å². The van der Waals surface area contributed by atoms with Crippen LogP contribution in [-0.2, 0) is 19.3 Å². The molecule has 150 valence electrons. The summed E-state index contributed by atoms with van der Waals surface area (Å²) < 4.78 is 1.64. The molecule has 8 nitrogen and oxygen atoms in total. The first kappa shape index (κ1) is 18.4. The monoisotopic (exact) mass is 409 g/mol. The van der Waals surface area contributed by atoms with Crippen molar-refractivity contribution < 1.29 is 4.79 Å². The summed E-state index contributed by atoms with van der Waals surface area (Å²) in [7, 11) is 0. The number of tetrazole rings is 1. The Bertz CT molecular complexity index is 978. The molecular formula is C20H23N7OS. The van der Waals surface area contributed by atoms with E-state index in [9.17, 15) is 4.79 Å². The largest absolute Gasteiger partial charge is 0.336 e. The van der Waals surface area contributed by atoms with Crippen LogP contribution in [0.4, 0.5) is 0 Å². The zero-order valence-corrected chi connectivity index (χ0v) is 17.0. The van der Waals surface area contributed by atoms with Crippen molar-refractivity contribution in [2.75, 3.05) is 32.7 Å². The van der Waals surface area contributed by atoms with Gasteiger partial charge in [0.05, 0.1) is 5.56 Å². The fourth-order valence-electron chi connectivity index (χ4n) is 4.20. The number of piperazine rings is 1. The van der Waals surface area contributed by atoms with E-state index in [1.165, 1.54) is 16.0 Å². The molecule has 1 aliphatic carbocycles. The van der Waals surface area contributed by atoms with Crippen molar-refractivity contribution in [3.63, 3.8) is 0 Å². The van der Waals surface area contributed by atoms with Gasteiger partial charge in [0, 0.05) is 50.0 Å². The van der Waals surface area contributed by atoms with E-state index in [0.717, 1.165) is 69.0 Å². The van der Waals surface area contributed by atoms with Crippen molar-refractivity contribution in [3.8, 4) is 5.00 Å². The number of hydrogen-bond acceptors (Lipinski definition) is 7. The Balaban J connectivity index is 1.27. The maximum Gasteiger partial charge on any atom is 0.257 e. The van der Waals surface area contributed by atoms with Crippen molar-refractivity contribution in [2.45, 2.75) is 25.7 Å². The molecule has 3 aromatic rings. The summed E-state index contributed by atoms with van der Waals surface area (Å²) in [6, 6.07) is 4.13. The minimum atomic E-state index is 0.128. The molecule has 0 bridgehead atoms. The summed E-state index contributed by atoms with van der Waals surface area (Å²) >= 11 is 1.66. The molecule has 0 aromatic carbocycles. The van der Waals surface area contributed by atoms with Gasteiger partial charge < -0.3 is 4.90 Å². The van der Waals surface area contributed by atoms with Crippen LogP contribution in [0.1, 0.15) is 32.8 Å². The van der Waals surface area contributed by atoms with Gasteiger partial charge in [0.2, 0.25) is 0 Å². The molecule has 0 unspecified atom stereocenters. The number of carbonyl (C=O) groups excluding carboxylic acids is 1. The molecule has 0 atom stereocenters. The van der Waals surface area contributed by atoms with Gasteiger partial charge in [-0.1, -0.05) is 0 Å². The van der Waals surface area contributed by atoms with Gasteiger partial charge in [-0.05, 0) is 59.4 Å². The number of aryl methyl sites for hydroxylation is 1. The quantitative estimate of drug-likeness (QED) is 0.637. The Morgan fingerprint density at radius 3 is 2.69 bits per heavy atom. The van der Waals surface area contributed by atoms with Crippen molar-refractivity contribution in [1.29, 1.82) is 0 Å². The van der Waals surface area contributed by atoms with E-state index in [0.29, 0.717) is 0 Å². The highest BCUT2D eigenvalue weighted by atomic mass is 32.1. The van der Waals surface area contributed by atoms with E-state index in [2.05, 4.69) is 37.5 Å². The van der Waals surface area contributed by atoms with E-state index >= 15 is 0 Å². The molecule has 2 aliphatic rings. The van der Waals surface area contributed by atoms with E-state index in [1.807, 2.05) is 17.3 Å². The second kappa shape index (κ2) is 8.00. The van der Waals surface area contributed by atoms with Crippen molar-refractivity contribution in [3.05, 3.63) is 52.4 Å². The number of aromatic nitrogens is 5. The standard InChI is InChI=1S/C20H23N7OS/c28-19(18-16-2-1-3-17(16)29-20(18)27-14-22-23-24-27)26-12-10-25(11-13-26)9-6-15-4-7-21-8-5-15/h4-5,7-8,14H,1-3,6,9-13H2. The molecule has 1 fully saturated rings. The predicted octanol–water partition coefficient (Wildman–Crippen LogP) is 1.61. The Labute approximate surface area is 173 Å². The molecule has 0 spiro atoms. The highest BCUT2D eigenvalue weighted by molar-refractivity contribution is 7.15. The topological polar surface area (TPSA) is 80.0 Å². The number of pyridine rings is 1. The Morgan fingerprint density at radius 2 is 1.93 bits per heavy atom. The number of thiophene rings is 1. The van der Waals surface area contributed by atoms with Crippen LogP contribution in [0.3, 0.4) is 0 Å². The van der Waals surface area contributed by atoms with Crippen LogP contribution in [0.5, 0.6) is 0 Å². The minimum Gasteiger partial charge on any atom is -0.336 e. The first-order chi connectivity index (χ1) is 14.3. The molecule has 1 aliphatic heterocycles. The summed E-state index contributed by atoms with van der Waals surface area (Å²) in [5.41, 5.74) is 3.34. The summed E-state index contributed by atoms with van der Waals surface area (Å²) in [6.45, 7) is 4.34. The second-order valence-electron chi connectivity index (χ2n) is 7.53. The average molecular weight is 410 g/mol. The Hall–Kier alpha value is -2.65. The van der Waals surface area contributed by atoms with E-state index in [1.54, 1.807) is 22.3 Å². The normalized spacial score (nSPS) is 16.9. The lowest BCUT2D eigenvalue weighted by Crippen LogP contribution is -2.49. The maximum atomic E-state index is 13.4. The van der Waals surface area contributed by atoms with Crippen LogP contribution in [0, 0.1) is 0 Å². The molecular weight excluding hydrogens is 386 g/mol. The third-order valence-corrected chi connectivity index (χ3v) is 7.08. The molecule has 3 aromatic heterocycles. The van der Waals surface area contributed by atoms with E-state index < -0.39 is 0 Å². The molecule has 5 rings (SSSR count). The molecule has 1 saturated heterocycles. The smallest absolute Gasteiger partial charge is 0.257 e. The van der Waals surface area contributed by atoms with Gasteiger partial charge in [-0.2, -0.15) is 4.68 Å². The Kier molecular flexibility index (Phi) is 5.07. The zero-order valence-electron chi connectivity index (χ0n) is 16.2. The molecule has 0 saturated carbocycles. The van der Waals surface area contributed by atoms with E-state index in [4.69, 9.17) is 0 Å². The fourth-order valence-corrected chi connectivity index (χ4v) is 5.49. The van der Waals surface area contributed by atoms with Gasteiger partial charge in [0.1, 0.15) is 11.3 Å². The third-order valence-electron chi connectivity index (χ3n) is 5.80. The summed E-state index contributed by atoms with van der Waals surface area (Å²) in [5, 5.41) is 12.4. The number of amides is 1. The van der Waals surface area contributed by atoms with Crippen molar-refractivity contribution in [1.82, 2.24) is 35.0 Å². The van der Waals surface area contributed by atoms with Crippen LogP contribution in [0.15, 0.2) is 30.9 Å². The van der Waals surface area contributed by atoms with Crippen LogP contribution in [0.25, 0.3) is 5.00 Å². The first-order valence-electron chi connectivity index (χ1n) is 10.1. The van der Waals surface area contributed by atoms with Gasteiger partial charge >= 0.3 is 0 Å². The molecule has 0 radical (unpaired) electrons. The van der Waals surface area contributed by atoms with Gasteiger partial charge in [0.25, 0.3) is 5.91 Å². The lowest BCUT2D eigenvalue weighted by Gasteiger charge is -2.35. The van der Waals surface area contributed by atoms with Gasteiger partial charge in [-0.3, -0.25) is 14.7 Å². The highest BCUT2D eigenvalue weighted by Crippen LogP contribution is 2.38. The minimum absolute atomic E-state index is 0.128. The summed E-state index contributed by atoms with van der Waals surface area (Å²) in [4.78, 5) is 23.3. The first-order valence-corrected chi connectivity index (χ1v) is 10.9. The number of hydrogen-bond donors (Lipinski definition) is 0. The predicted molar refractivity (Wildman–Crippen MR) is 109 cm³/mol.